The van der Waals surface area contributed by atoms with E-state index in [9.17, 15) is 13.2 Å². The molecule has 1 amide bonds. The Morgan fingerprint density at radius 2 is 2.24 bits per heavy atom. The third-order valence-electron chi connectivity index (χ3n) is 3.68. The molecule has 2 rings (SSSR count). The number of nitrogens with one attached hydrogen (secondary N) is 1. The molecule has 1 aliphatic heterocycles. The van der Waals surface area contributed by atoms with Gasteiger partial charge in [0.25, 0.3) is 10.0 Å². The summed E-state index contributed by atoms with van der Waals surface area (Å²) in [7, 11) is -3.61. The smallest absolute Gasteiger partial charge is 0.262 e. The summed E-state index contributed by atoms with van der Waals surface area (Å²) in [6.07, 6.45) is 4.46. The van der Waals surface area contributed by atoms with Crippen molar-refractivity contribution in [2.75, 3.05) is 19.6 Å². The number of aryl methyl sites for hydroxylation is 1. The van der Waals surface area contributed by atoms with Crippen LogP contribution in [-0.2, 0) is 21.4 Å². The molecule has 0 aromatic carbocycles. The quantitative estimate of drug-likeness (QED) is 0.854. The van der Waals surface area contributed by atoms with E-state index in [1.165, 1.54) is 16.8 Å². The molecule has 0 saturated carbocycles. The summed E-state index contributed by atoms with van der Waals surface area (Å²) in [6.45, 7) is 5.67. The third-order valence-corrected chi connectivity index (χ3v) is 5.44. The van der Waals surface area contributed by atoms with E-state index in [0.717, 1.165) is 6.42 Å². The molecule has 0 spiro atoms. The first kappa shape index (κ1) is 16.0. The van der Waals surface area contributed by atoms with E-state index < -0.39 is 10.0 Å². The molecule has 2 heterocycles. The summed E-state index contributed by atoms with van der Waals surface area (Å²) in [5.74, 6) is -0.349. The van der Waals surface area contributed by atoms with Gasteiger partial charge in [-0.1, -0.05) is 0 Å². The summed E-state index contributed by atoms with van der Waals surface area (Å²) >= 11 is 0. The van der Waals surface area contributed by atoms with E-state index in [1.807, 2.05) is 13.8 Å². The fraction of sp³-hybridized carbons (Fsp3) is 0.692. The number of nitrogens with zero attached hydrogens (tertiary/aromatic N) is 3. The van der Waals surface area contributed by atoms with Gasteiger partial charge in [-0.25, -0.2) is 13.4 Å². The zero-order chi connectivity index (χ0) is 15.5. The molecular formula is C13H22N4O3S. The molecule has 0 aliphatic carbocycles. The van der Waals surface area contributed by atoms with Crippen LogP contribution in [0.2, 0.25) is 0 Å². The van der Waals surface area contributed by atoms with Gasteiger partial charge < -0.3 is 9.88 Å². The lowest BCUT2D eigenvalue weighted by atomic mass is 9.99. The second kappa shape index (κ2) is 6.57. The zero-order valence-electron chi connectivity index (χ0n) is 12.4. The van der Waals surface area contributed by atoms with Crippen LogP contribution in [0, 0.1) is 5.92 Å². The van der Waals surface area contributed by atoms with Gasteiger partial charge in [-0.2, -0.15) is 4.31 Å². The third kappa shape index (κ3) is 3.44. The van der Waals surface area contributed by atoms with Gasteiger partial charge in [0.2, 0.25) is 5.91 Å². The molecule has 0 radical (unpaired) electrons. The molecular weight excluding hydrogens is 292 g/mol. The Morgan fingerprint density at radius 3 is 2.86 bits per heavy atom. The van der Waals surface area contributed by atoms with Gasteiger partial charge in [-0.15, -0.1) is 0 Å². The fourth-order valence-electron chi connectivity index (χ4n) is 2.47. The van der Waals surface area contributed by atoms with Crippen molar-refractivity contribution in [3.05, 3.63) is 12.5 Å². The first-order valence-electron chi connectivity index (χ1n) is 7.28. The van der Waals surface area contributed by atoms with Crippen LogP contribution < -0.4 is 5.32 Å². The van der Waals surface area contributed by atoms with Crippen molar-refractivity contribution in [3.63, 3.8) is 0 Å². The van der Waals surface area contributed by atoms with Crippen molar-refractivity contribution < 1.29 is 13.2 Å². The number of piperidine rings is 1. The molecule has 7 nitrogen and oxygen atoms in total. The van der Waals surface area contributed by atoms with Crippen molar-refractivity contribution in [1.82, 2.24) is 19.2 Å². The fourth-order valence-corrected chi connectivity index (χ4v) is 3.93. The number of sulfonamides is 1. The largest absolute Gasteiger partial charge is 0.356 e. The monoisotopic (exact) mass is 314 g/mol. The zero-order valence-corrected chi connectivity index (χ0v) is 13.3. The number of amides is 1. The van der Waals surface area contributed by atoms with Gasteiger partial charge in [0.15, 0.2) is 5.03 Å². The summed E-state index contributed by atoms with van der Waals surface area (Å²) in [6, 6.07) is 0. The highest BCUT2D eigenvalue weighted by molar-refractivity contribution is 7.89. The Balaban J connectivity index is 2.14. The maximum Gasteiger partial charge on any atom is 0.262 e. The Kier molecular flexibility index (Phi) is 5.00. The highest BCUT2D eigenvalue weighted by atomic mass is 32.2. The molecule has 0 bridgehead atoms. The number of aromatic nitrogens is 2. The van der Waals surface area contributed by atoms with Gasteiger partial charge >= 0.3 is 0 Å². The van der Waals surface area contributed by atoms with Crippen molar-refractivity contribution in [1.29, 1.82) is 0 Å². The minimum atomic E-state index is -3.61. The number of rotatable bonds is 5. The van der Waals surface area contributed by atoms with Crippen LogP contribution in [0.3, 0.4) is 0 Å². The van der Waals surface area contributed by atoms with Crippen LogP contribution in [0.15, 0.2) is 17.6 Å². The lowest BCUT2D eigenvalue weighted by molar-refractivity contribution is -0.125. The van der Waals surface area contributed by atoms with E-state index in [1.54, 1.807) is 4.57 Å². The average molecular weight is 314 g/mol. The lowest BCUT2D eigenvalue weighted by Gasteiger charge is -2.30. The molecule has 1 saturated heterocycles. The molecule has 1 atom stereocenters. The first-order valence-corrected chi connectivity index (χ1v) is 8.72. The Labute approximate surface area is 125 Å². The molecule has 1 fully saturated rings. The maximum atomic E-state index is 12.6. The predicted octanol–water partition coefficient (Wildman–Crippen LogP) is 0.440. The standard InChI is InChI=1S/C13H22N4O3S/c1-3-14-13(18)11-6-5-7-17(8-11)21(19,20)12-9-16(4-2)10-15-12/h9-11H,3-8H2,1-2H3,(H,14,18)/t11-/m1/s1. The van der Waals surface area contributed by atoms with Crippen LogP contribution in [0.4, 0.5) is 0 Å². The normalized spacial score (nSPS) is 20.4. The SMILES string of the molecule is CCNC(=O)[C@@H]1CCCN(S(=O)(=O)c2cn(CC)cn2)C1. The van der Waals surface area contributed by atoms with Crippen LogP contribution >= 0.6 is 0 Å². The number of hydrogen-bond acceptors (Lipinski definition) is 4. The van der Waals surface area contributed by atoms with Crippen molar-refractivity contribution in [2.24, 2.45) is 5.92 Å². The number of imidazole rings is 1. The van der Waals surface area contributed by atoms with Crippen molar-refractivity contribution in [3.8, 4) is 0 Å². The highest BCUT2D eigenvalue weighted by Crippen LogP contribution is 2.23. The number of carbonyl (C=O) groups excluding carboxylic acids is 1. The lowest BCUT2D eigenvalue weighted by Crippen LogP contribution is -2.45. The molecule has 1 aromatic heterocycles. The van der Waals surface area contributed by atoms with Crippen LogP contribution in [0.5, 0.6) is 0 Å². The molecule has 1 aromatic rings. The van der Waals surface area contributed by atoms with Crippen LogP contribution in [0.25, 0.3) is 0 Å². The van der Waals surface area contributed by atoms with Crippen molar-refractivity contribution in [2.45, 2.75) is 38.3 Å². The van der Waals surface area contributed by atoms with Gasteiger partial charge in [0.1, 0.15) is 0 Å². The molecule has 1 N–H and O–H groups in total. The van der Waals surface area contributed by atoms with Crippen LogP contribution in [-0.4, -0.2) is 47.8 Å². The average Bonchev–Trinajstić information content (AvgIpc) is 2.97. The number of carbonyl (C=O) groups is 1. The minimum absolute atomic E-state index is 0.0564. The van der Waals surface area contributed by atoms with Gasteiger partial charge in [-0.05, 0) is 26.7 Å². The topological polar surface area (TPSA) is 84.3 Å². The van der Waals surface area contributed by atoms with E-state index >= 15 is 0 Å². The van der Waals surface area contributed by atoms with E-state index in [0.29, 0.717) is 26.1 Å². The molecule has 8 heteroatoms. The van der Waals surface area contributed by atoms with Gasteiger partial charge in [0, 0.05) is 32.4 Å². The molecule has 118 valence electrons. The van der Waals surface area contributed by atoms with Gasteiger partial charge in [-0.3, -0.25) is 4.79 Å². The number of hydrogen-bond donors (Lipinski definition) is 1. The molecule has 1 aliphatic rings. The Hall–Kier alpha value is -1.41. The summed E-state index contributed by atoms with van der Waals surface area (Å²) in [5.41, 5.74) is 0. The summed E-state index contributed by atoms with van der Waals surface area (Å²) in [4.78, 5) is 15.9. The minimum Gasteiger partial charge on any atom is -0.356 e. The van der Waals surface area contributed by atoms with E-state index in [2.05, 4.69) is 10.3 Å². The van der Waals surface area contributed by atoms with E-state index in [4.69, 9.17) is 0 Å². The molecule has 0 unspecified atom stereocenters. The summed E-state index contributed by atoms with van der Waals surface area (Å²) in [5, 5.41) is 2.82. The second-order valence-corrected chi connectivity index (χ2v) is 7.02. The van der Waals surface area contributed by atoms with Crippen molar-refractivity contribution >= 4 is 15.9 Å². The van der Waals surface area contributed by atoms with Gasteiger partial charge in [0.05, 0.1) is 12.2 Å². The van der Waals surface area contributed by atoms with E-state index in [-0.39, 0.29) is 23.4 Å². The van der Waals surface area contributed by atoms with Crippen LogP contribution in [0.1, 0.15) is 26.7 Å². The highest BCUT2D eigenvalue weighted by Gasteiger charge is 2.34. The second-order valence-electron chi connectivity index (χ2n) is 5.14. The first-order chi connectivity index (χ1) is 9.98. The predicted molar refractivity (Wildman–Crippen MR) is 78.1 cm³/mol. The molecule has 21 heavy (non-hydrogen) atoms. The maximum absolute atomic E-state index is 12.6. The Morgan fingerprint density at radius 1 is 1.48 bits per heavy atom. The summed E-state index contributed by atoms with van der Waals surface area (Å²) < 4.78 is 28.2. The Bertz CT molecular complexity index is 596.